The lowest BCUT2D eigenvalue weighted by atomic mass is 10.1. The predicted octanol–water partition coefficient (Wildman–Crippen LogP) is 3.11. The van der Waals surface area contributed by atoms with E-state index in [1.54, 1.807) is 19.1 Å². The molecule has 1 heterocycles. The van der Waals surface area contributed by atoms with Crippen LogP contribution in [0.1, 0.15) is 18.2 Å². The molecule has 0 spiro atoms. The number of anilines is 2. The van der Waals surface area contributed by atoms with Crippen LogP contribution < -0.4 is 5.32 Å². The smallest absolute Gasteiger partial charge is 0.228 e. The fraction of sp³-hybridized carbons (Fsp3) is 0.474. The second kappa shape index (κ2) is 10.9. The van der Waals surface area contributed by atoms with E-state index in [2.05, 4.69) is 29.4 Å². The van der Waals surface area contributed by atoms with Gasteiger partial charge in [0.15, 0.2) is 5.13 Å². The van der Waals surface area contributed by atoms with Gasteiger partial charge in [0, 0.05) is 38.4 Å². The van der Waals surface area contributed by atoms with Crippen LogP contribution in [0.15, 0.2) is 29.6 Å². The standard InChI is InChI=1S/C19H27N3O3S/c1-4-15-5-7-16(8-6-15)20-19-21-17(14-26-19)13-18(23)22(9-11-24-2)10-12-25-3/h5-8,14H,4,9-13H2,1-3H3,(H,20,21). The van der Waals surface area contributed by atoms with Crippen molar-refractivity contribution in [2.75, 3.05) is 45.8 Å². The fourth-order valence-corrected chi connectivity index (χ4v) is 3.15. The molecule has 0 atom stereocenters. The molecule has 0 aliphatic heterocycles. The number of hydrogen-bond donors (Lipinski definition) is 1. The van der Waals surface area contributed by atoms with Crippen molar-refractivity contribution in [1.29, 1.82) is 0 Å². The monoisotopic (exact) mass is 377 g/mol. The van der Waals surface area contributed by atoms with Gasteiger partial charge in [-0.1, -0.05) is 19.1 Å². The molecule has 0 aliphatic rings. The summed E-state index contributed by atoms with van der Waals surface area (Å²) in [6.07, 6.45) is 1.30. The molecule has 26 heavy (non-hydrogen) atoms. The van der Waals surface area contributed by atoms with Crippen LogP contribution in [0.25, 0.3) is 0 Å². The Labute approximate surface area is 159 Å². The first kappa shape index (κ1) is 20.4. The van der Waals surface area contributed by atoms with Crippen molar-refractivity contribution in [2.45, 2.75) is 19.8 Å². The number of benzene rings is 1. The summed E-state index contributed by atoms with van der Waals surface area (Å²) in [4.78, 5) is 18.8. The zero-order valence-electron chi connectivity index (χ0n) is 15.7. The Morgan fingerprint density at radius 2 is 1.81 bits per heavy atom. The maximum absolute atomic E-state index is 12.5. The molecule has 0 aliphatic carbocycles. The molecular weight excluding hydrogens is 350 g/mol. The van der Waals surface area contributed by atoms with Crippen LogP contribution in [0, 0.1) is 0 Å². The number of methoxy groups -OCH3 is 2. The third-order valence-electron chi connectivity index (χ3n) is 3.98. The van der Waals surface area contributed by atoms with Crippen molar-refractivity contribution < 1.29 is 14.3 Å². The normalized spacial score (nSPS) is 10.7. The second-order valence-corrected chi connectivity index (χ2v) is 6.72. The van der Waals surface area contributed by atoms with E-state index in [-0.39, 0.29) is 12.3 Å². The van der Waals surface area contributed by atoms with Gasteiger partial charge >= 0.3 is 0 Å². The molecule has 1 aromatic heterocycles. The Balaban J connectivity index is 1.93. The quantitative estimate of drug-likeness (QED) is 0.652. The van der Waals surface area contributed by atoms with E-state index in [0.717, 1.165) is 22.9 Å². The van der Waals surface area contributed by atoms with Crippen molar-refractivity contribution in [3.63, 3.8) is 0 Å². The Hall–Kier alpha value is -1.96. The predicted molar refractivity (Wildman–Crippen MR) is 105 cm³/mol. The highest BCUT2D eigenvalue weighted by Gasteiger charge is 2.15. The first-order chi connectivity index (χ1) is 12.7. The molecule has 1 amide bonds. The zero-order valence-corrected chi connectivity index (χ0v) is 16.5. The number of hydrogen-bond acceptors (Lipinski definition) is 6. The molecule has 0 unspecified atom stereocenters. The van der Waals surface area contributed by atoms with Crippen LogP contribution in [-0.4, -0.2) is 56.3 Å². The third kappa shape index (κ3) is 6.40. The number of thiazole rings is 1. The van der Waals surface area contributed by atoms with E-state index in [0.29, 0.717) is 26.3 Å². The molecule has 0 radical (unpaired) electrons. The molecule has 0 fully saturated rings. The largest absolute Gasteiger partial charge is 0.383 e. The van der Waals surface area contributed by atoms with Crippen molar-refractivity contribution >= 4 is 28.1 Å². The van der Waals surface area contributed by atoms with Crippen LogP contribution in [-0.2, 0) is 27.1 Å². The fourth-order valence-electron chi connectivity index (χ4n) is 2.42. The number of carbonyl (C=O) groups excluding carboxylic acids is 1. The third-order valence-corrected chi connectivity index (χ3v) is 4.79. The molecule has 6 nitrogen and oxygen atoms in total. The SMILES string of the molecule is CCc1ccc(Nc2nc(CC(=O)N(CCOC)CCOC)cs2)cc1. The summed E-state index contributed by atoms with van der Waals surface area (Å²) in [7, 11) is 3.26. The summed E-state index contributed by atoms with van der Waals surface area (Å²) in [5.41, 5.74) is 3.07. The van der Waals surface area contributed by atoms with Crippen LogP contribution >= 0.6 is 11.3 Å². The summed E-state index contributed by atoms with van der Waals surface area (Å²) in [6, 6.07) is 8.29. The minimum Gasteiger partial charge on any atom is -0.383 e. The van der Waals surface area contributed by atoms with Crippen molar-refractivity contribution in [3.05, 3.63) is 40.9 Å². The molecule has 2 aromatic rings. The number of ether oxygens (including phenoxy) is 2. The Morgan fingerprint density at radius 1 is 1.15 bits per heavy atom. The summed E-state index contributed by atoms with van der Waals surface area (Å²) in [5, 5.41) is 6.00. The van der Waals surface area contributed by atoms with Crippen molar-refractivity contribution in [2.24, 2.45) is 0 Å². The highest BCUT2D eigenvalue weighted by molar-refractivity contribution is 7.13. The van der Waals surface area contributed by atoms with E-state index in [4.69, 9.17) is 9.47 Å². The van der Waals surface area contributed by atoms with Gasteiger partial charge in [0.25, 0.3) is 0 Å². The van der Waals surface area contributed by atoms with Gasteiger partial charge < -0.3 is 19.7 Å². The van der Waals surface area contributed by atoms with E-state index in [1.165, 1.54) is 16.9 Å². The lowest BCUT2D eigenvalue weighted by molar-refractivity contribution is -0.131. The van der Waals surface area contributed by atoms with Crippen LogP contribution in [0.3, 0.4) is 0 Å². The molecule has 0 bridgehead atoms. The first-order valence-electron chi connectivity index (χ1n) is 8.72. The van der Waals surface area contributed by atoms with Gasteiger partial charge in [-0.3, -0.25) is 4.79 Å². The van der Waals surface area contributed by atoms with Gasteiger partial charge in [0.05, 0.1) is 25.3 Å². The Bertz CT molecular complexity index is 665. The average Bonchev–Trinajstić information content (AvgIpc) is 3.09. The van der Waals surface area contributed by atoms with E-state index in [1.807, 2.05) is 17.5 Å². The van der Waals surface area contributed by atoms with Crippen LogP contribution in [0.5, 0.6) is 0 Å². The molecular formula is C19H27N3O3S. The van der Waals surface area contributed by atoms with E-state index >= 15 is 0 Å². The van der Waals surface area contributed by atoms with Crippen LogP contribution in [0.4, 0.5) is 10.8 Å². The number of aromatic nitrogens is 1. The second-order valence-electron chi connectivity index (χ2n) is 5.86. The highest BCUT2D eigenvalue weighted by Crippen LogP contribution is 2.22. The summed E-state index contributed by atoms with van der Waals surface area (Å²) >= 11 is 1.50. The number of aryl methyl sites for hydroxylation is 1. The molecule has 0 saturated heterocycles. The molecule has 1 N–H and O–H groups in total. The van der Waals surface area contributed by atoms with Gasteiger partial charge in [-0.25, -0.2) is 4.98 Å². The Morgan fingerprint density at radius 3 is 2.38 bits per heavy atom. The minimum absolute atomic E-state index is 0.0308. The lowest BCUT2D eigenvalue weighted by Gasteiger charge is -2.21. The number of nitrogens with zero attached hydrogens (tertiary/aromatic N) is 2. The summed E-state index contributed by atoms with van der Waals surface area (Å²) in [6.45, 7) is 4.25. The zero-order chi connectivity index (χ0) is 18.8. The average molecular weight is 378 g/mol. The molecule has 1 aromatic carbocycles. The molecule has 2 rings (SSSR count). The number of amides is 1. The molecule has 7 heteroatoms. The summed E-state index contributed by atoms with van der Waals surface area (Å²) in [5.74, 6) is 0.0308. The van der Waals surface area contributed by atoms with Gasteiger partial charge in [0.1, 0.15) is 0 Å². The van der Waals surface area contributed by atoms with Gasteiger partial charge in [0.2, 0.25) is 5.91 Å². The van der Waals surface area contributed by atoms with Crippen molar-refractivity contribution in [3.8, 4) is 0 Å². The maximum Gasteiger partial charge on any atom is 0.228 e. The van der Waals surface area contributed by atoms with E-state index < -0.39 is 0 Å². The van der Waals surface area contributed by atoms with Gasteiger partial charge in [-0.15, -0.1) is 11.3 Å². The number of nitrogens with one attached hydrogen (secondary N) is 1. The van der Waals surface area contributed by atoms with Crippen molar-refractivity contribution in [1.82, 2.24) is 9.88 Å². The topological polar surface area (TPSA) is 63.7 Å². The summed E-state index contributed by atoms with van der Waals surface area (Å²) < 4.78 is 10.2. The first-order valence-corrected chi connectivity index (χ1v) is 9.60. The lowest BCUT2D eigenvalue weighted by Crippen LogP contribution is -2.37. The highest BCUT2D eigenvalue weighted by atomic mass is 32.1. The van der Waals surface area contributed by atoms with Gasteiger partial charge in [-0.05, 0) is 24.1 Å². The molecule has 142 valence electrons. The maximum atomic E-state index is 12.5. The molecule has 0 saturated carbocycles. The van der Waals surface area contributed by atoms with Gasteiger partial charge in [-0.2, -0.15) is 0 Å². The number of carbonyl (C=O) groups is 1. The van der Waals surface area contributed by atoms with E-state index in [9.17, 15) is 4.79 Å². The number of rotatable bonds is 11. The Kier molecular flexibility index (Phi) is 8.53. The minimum atomic E-state index is 0.0308. The van der Waals surface area contributed by atoms with Crippen LogP contribution in [0.2, 0.25) is 0 Å².